The molecule has 3 N–H and O–H groups in total. The molecule has 0 spiro atoms. The lowest BCUT2D eigenvalue weighted by Gasteiger charge is -2.33. The first-order valence-electron chi connectivity index (χ1n) is 10.3. The molecule has 2 heterocycles. The van der Waals surface area contributed by atoms with Gasteiger partial charge < -0.3 is 11.1 Å². The highest BCUT2D eigenvalue weighted by atomic mass is 32.2. The first-order chi connectivity index (χ1) is 13.5. The van der Waals surface area contributed by atoms with Crippen LogP contribution in [0.1, 0.15) is 44.6 Å². The maximum absolute atomic E-state index is 12.7. The van der Waals surface area contributed by atoms with Crippen LogP contribution in [0, 0.1) is 0 Å². The van der Waals surface area contributed by atoms with Gasteiger partial charge in [-0.1, -0.05) is 25.1 Å². The second kappa shape index (κ2) is 7.70. The largest absolute Gasteiger partial charge is 0.399 e. The predicted octanol–water partition coefficient (Wildman–Crippen LogP) is 4.12. The molecule has 1 aromatic heterocycles. The lowest BCUT2D eigenvalue weighted by atomic mass is 9.87. The van der Waals surface area contributed by atoms with Crippen molar-refractivity contribution in [1.29, 1.82) is 0 Å². The number of hydrogen-bond acceptors (Lipinski definition) is 4. The lowest BCUT2D eigenvalue weighted by Crippen LogP contribution is -2.37. The molecule has 2 aromatic rings. The second-order valence-electron chi connectivity index (χ2n) is 8.26. The highest BCUT2D eigenvalue weighted by Gasteiger charge is 2.25. The minimum atomic E-state index is -1.91. The van der Waals surface area contributed by atoms with Crippen LogP contribution in [-0.4, -0.2) is 32.5 Å². The topological polar surface area (TPSA) is 68.0 Å². The van der Waals surface area contributed by atoms with Crippen LogP contribution in [0.3, 0.4) is 0 Å². The first-order valence-corrected chi connectivity index (χ1v) is 12.6. The van der Waals surface area contributed by atoms with Gasteiger partial charge in [-0.25, -0.2) is 0 Å². The van der Waals surface area contributed by atoms with Crippen molar-refractivity contribution in [2.75, 3.05) is 22.6 Å². The van der Waals surface area contributed by atoms with Crippen molar-refractivity contribution in [3.63, 3.8) is 0 Å². The van der Waals surface area contributed by atoms with Gasteiger partial charge in [0.2, 0.25) is 0 Å². The van der Waals surface area contributed by atoms with E-state index < -0.39 is 9.93 Å². The van der Waals surface area contributed by atoms with Gasteiger partial charge in [-0.2, -0.15) is 0 Å². The Labute approximate surface area is 168 Å². The zero-order chi connectivity index (χ0) is 19.7. The van der Waals surface area contributed by atoms with Gasteiger partial charge >= 0.3 is 0 Å². The first kappa shape index (κ1) is 19.2. The second-order valence-corrected chi connectivity index (χ2v) is 11.9. The normalized spacial score (nSPS) is 25.6. The Balaban J connectivity index is 1.63. The Morgan fingerprint density at radius 1 is 1.29 bits per heavy atom. The lowest BCUT2D eigenvalue weighted by molar-refractivity contribution is 0.612. The van der Waals surface area contributed by atoms with E-state index in [1.54, 1.807) is 0 Å². The monoisotopic (exact) mass is 397 g/mol. The van der Waals surface area contributed by atoms with Gasteiger partial charge in [-0.15, -0.1) is 9.93 Å². The molecule has 0 radical (unpaired) electrons. The van der Waals surface area contributed by atoms with Crippen LogP contribution in [0.4, 0.5) is 5.69 Å². The Morgan fingerprint density at radius 3 is 2.79 bits per heavy atom. The SMILES string of the molecule is CC[SH]1(=O)CCC(Nc2cc(C3C=C(C)C(N)=CC3)cc3ccncc23)CC1. The minimum Gasteiger partial charge on any atom is -0.399 e. The molecule has 1 aliphatic carbocycles. The molecule has 0 bridgehead atoms. The van der Waals surface area contributed by atoms with E-state index in [1.807, 2.05) is 12.4 Å². The van der Waals surface area contributed by atoms with Crippen molar-refractivity contribution in [3.05, 3.63) is 59.6 Å². The van der Waals surface area contributed by atoms with E-state index >= 15 is 0 Å². The molecule has 1 atom stereocenters. The molecular formula is C23H31N3OS. The smallest absolute Gasteiger partial charge is 0.0440 e. The third kappa shape index (κ3) is 3.86. The Morgan fingerprint density at radius 2 is 2.07 bits per heavy atom. The number of pyridine rings is 1. The summed E-state index contributed by atoms with van der Waals surface area (Å²) in [6, 6.07) is 7.02. The molecule has 2 aliphatic rings. The summed E-state index contributed by atoms with van der Waals surface area (Å²) in [7, 11) is -1.91. The number of anilines is 1. The van der Waals surface area contributed by atoms with Crippen LogP contribution >= 0.6 is 0 Å². The number of fused-ring (bicyclic) bond motifs is 1. The summed E-state index contributed by atoms with van der Waals surface area (Å²) in [4.78, 5) is 4.34. The van der Waals surface area contributed by atoms with Crippen molar-refractivity contribution in [1.82, 2.24) is 4.98 Å². The molecular weight excluding hydrogens is 366 g/mol. The van der Waals surface area contributed by atoms with Crippen LogP contribution in [0.2, 0.25) is 0 Å². The number of nitrogens with two attached hydrogens (primary N) is 1. The van der Waals surface area contributed by atoms with E-state index in [2.05, 4.69) is 54.5 Å². The highest BCUT2D eigenvalue weighted by molar-refractivity contribution is 8.03. The quantitative estimate of drug-likeness (QED) is 0.679. The standard InChI is InChI=1S/C23H31N3OS/c1-3-28(27)10-7-20(8-11-28)26-23-14-19(13-18-6-9-25-15-21(18)23)17-4-5-22(24)16(2)12-17/h5-6,9,12-15,17,20,26,28H,3-4,7-8,10-11,24H2,1-2H3. The fourth-order valence-electron chi connectivity index (χ4n) is 4.39. The number of hydrogen-bond donors (Lipinski definition) is 3. The van der Waals surface area contributed by atoms with Crippen LogP contribution in [0.25, 0.3) is 10.8 Å². The zero-order valence-electron chi connectivity index (χ0n) is 16.8. The molecule has 5 heteroatoms. The minimum absolute atomic E-state index is 0.345. The van der Waals surface area contributed by atoms with Crippen LogP contribution in [-0.2, 0) is 9.93 Å². The predicted molar refractivity (Wildman–Crippen MR) is 122 cm³/mol. The molecule has 4 nitrogen and oxygen atoms in total. The Hall–Kier alpha value is -2.14. The fraction of sp³-hybridized carbons (Fsp3) is 0.435. The van der Waals surface area contributed by atoms with Crippen molar-refractivity contribution < 1.29 is 4.21 Å². The van der Waals surface area contributed by atoms with E-state index in [0.717, 1.165) is 58.9 Å². The molecule has 0 saturated carbocycles. The van der Waals surface area contributed by atoms with E-state index in [9.17, 15) is 4.21 Å². The maximum Gasteiger partial charge on any atom is 0.0440 e. The van der Waals surface area contributed by atoms with Gasteiger partial charge in [0.15, 0.2) is 0 Å². The maximum atomic E-state index is 12.7. The summed E-state index contributed by atoms with van der Waals surface area (Å²) >= 11 is 0. The number of nitrogens with one attached hydrogen (secondary N) is 1. The summed E-state index contributed by atoms with van der Waals surface area (Å²) in [6.07, 6.45) is 11.1. The zero-order valence-corrected chi connectivity index (χ0v) is 17.7. The average molecular weight is 398 g/mol. The molecule has 150 valence electrons. The Kier molecular flexibility index (Phi) is 5.28. The molecule has 28 heavy (non-hydrogen) atoms. The summed E-state index contributed by atoms with van der Waals surface area (Å²) in [5.41, 5.74) is 10.5. The summed E-state index contributed by atoms with van der Waals surface area (Å²) < 4.78 is 12.7. The number of aromatic nitrogens is 1. The van der Waals surface area contributed by atoms with E-state index in [4.69, 9.17) is 5.73 Å². The number of rotatable bonds is 4. The number of thiol groups is 1. The molecule has 1 aromatic carbocycles. The van der Waals surface area contributed by atoms with Gasteiger partial charge in [0, 0.05) is 52.6 Å². The van der Waals surface area contributed by atoms with Gasteiger partial charge in [0.05, 0.1) is 0 Å². The third-order valence-corrected chi connectivity index (χ3v) is 9.71. The fourth-order valence-corrected chi connectivity index (χ4v) is 6.81. The van der Waals surface area contributed by atoms with Gasteiger partial charge in [0.1, 0.15) is 0 Å². The van der Waals surface area contributed by atoms with Crippen LogP contribution in [0.5, 0.6) is 0 Å². The number of nitrogens with zero attached hydrogens (tertiary/aromatic N) is 1. The third-order valence-electron chi connectivity index (χ3n) is 6.41. The van der Waals surface area contributed by atoms with Crippen molar-refractivity contribution in [2.24, 2.45) is 5.73 Å². The number of benzene rings is 1. The van der Waals surface area contributed by atoms with Gasteiger partial charge in [-0.3, -0.25) is 9.19 Å². The highest BCUT2D eigenvalue weighted by Crippen LogP contribution is 2.35. The molecule has 1 saturated heterocycles. The van der Waals surface area contributed by atoms with Gasteiger partial charge in [-0.05, 0) is 60.6 Å². The van der Waals surface area contributed by atoms with Crippen LogP contribution in [0.15, 0.2) is 54.0 Å². The Bertz CT molecular complexity index is 983. The van der Waals surface area contributed by atoms with Crippen molar-refractivity contribution >= 4 is 26.4 Å². The number of allylic oxidation sites excluding steroid dienone is 3. The van der Waals surface area contributed by atoms with E-state index in [-0.39, 0.29) is 0 Å². The molecule has 4 rings (SSSR count). The van der Waals surface area contributed by atoms with E-state index in [1.165, 1.54) is 10.9 Å². The summed E-state index contributed by atoms with van der Waals surface area (Å²) in [6.45, 7) is 4.15. The summed E-state index contributed by atoms with van der Waals surface area (Å²) in [5, 5.41) is 6.13. The molecule has 1 fully saturated rings. The van der Waals surface area contributed by atoms with Crippen molar-refractivity contribution in [3.8, 4) is 0 Å². The van der Waals surface area contributed by atoms with Crippen LogP contribution < -0.4 is 11.1 Å². The average Bonchev–Trinajstić information content (AvgIpc) is 2.72. The van der Waals surface area contributed by atoms with Crippen molar-refractivity contribution in [2.45, 2.75) is 45.1 Å². The molecule has 1 aliphatic heterocycles. The summed E-state index contributed by atoms with van der Waals surface area (Å²) in [5.74, 6) is 2.92. The molecule has 1 unspecified atom stereocenters. The van der Waals surface area contributed by atoms with Gasteiger partial charge in [0.25, 0.3) is 0 Å². The molecule has 0 amide bonds. The van der Waals surface area contributed by atoms with E-state index in [0.29, 0.717) is 12.0 Å².